The third-order valence-electron chi connectivity index (χ3n) is 2.76. The summed E-state index contributed by atoms with van der Waals surface area (Å²) >= 11 is 0. The summed E-state index contributed by atoms with van der Waals surface area (Å²) in [6, 6.07) is 6.46. The molecule has 20 heavy (non-hydrogen) atoms. The number of hydrogen-bond donors (Lipinski definition) is 1. The van der Waals surface area contributed by atoms with E-state index >= 15 is 0 Å². The second-order valence-corrected chi connectivity index (χ2v) is 4.31. The van der Waals surface area contributed by atoms with E-state index < -0.39 is 11.9 Å². The molecule has 6 nitrogen and oxygen atoms in total. The number of ether oxygens (including phenoxy) is 1. The molecule has 0 unspecified atom stereocenters. The number of benzene rings is 1. The number of aromatic nitrogens is 1. The van der Waals surface area contributed by atoms with Crippen molar-refractivity contribution < 1.29 is 18.8 Å². The van der Waals surface area contributed by atoms with Crippen LogP contribution in [0, 0.1) is 13.8 Å². The van der Waals surface area contributed by atoms with Gasteiger partial charge >= 0.3 is 5.97 Å². The Bertz CT molecular complexity index is 661. The molecule has 0 fully saturated rings. The van der Waals surface area contributed by atoms with Gasteiger partial charge in [0.1, 0.15) is 0 Å². The van der Waals surface area contributed by atoms with Crippen LogP contribution in [-0.2, 0) is 4.74 Å². The maximum absolute atomic E-state index is 12.0. The molecule has 0 bridgehead atoms. The van der Waals surface area contributed by atoms with Gasteiger partial charge in [0.15, 0.2) is 0 Å². The van der Waals surface area contributed by atoms with Gasteiger partial charge < -0.3 is 14.6 Å². The number of carbonyl (C=O) groups excluding carboxylic acids is 2. The number of amides is 1. The molecule has 0 saturated heterocycles. The average molecular weight is 274 g/mol. The summed E-state index contributed by atoms with van der Waals surface area (Å²) in [5, 5.41) is 6.33. The molecule has 1 N–H and O–H groups in total. The Morgan fingerprint density at radius 2 is 2.00 bits per heavy atom. The van der Waals surface area contributed by atoms with Crippen molar-refractivity contribution in [1.29, 1.82) is 0 Å². The molecule has 104 valence electrons. The van der Waals surface area contributed by atoms with Crippen LogP contribution in [0.4, 0.5) is 5.69 Å². The number of nitrogens with zero attached hydrogens (tertiary/aromatic N) is 1. The van der Waals surface area contributed by atoms with E-state index in [4.69, 9.17) is 4.52 Å². The molecular weight excluding hydrogens is 260 g/mol. The van der Waals surface area contributed by atoms with Crippen molar-refractivity contribution in [2.24, 2.45) is 0 Å². The third-order valence-corrected chi connectivity index (χ3v) is 2.76. The first-order chi connectivity index (χ1) is 9.51. The van der Waals surface area contributed by atoms with Crippen molar-refractivity contribution in [3.8, 4) is 0 Å². The molecular formula is C14H14N2O4. The van der Waals surface area contributed by atoms with Gasteiger partial charge in [-0.1, -0.05) is 11.2 Å². The number of carbonyl (C=O) groups is 2. The first kappa shape index (κ1) is 13.8. The lowest BCUT2D eigenvalue weighted by atomic mass is 10.1. The molecule has 2 rings (SSSR count). The van der Waals surface area contributed by atoms with E-state index in [9.17, 15) is 9.59 Å². The molecule has 0 aliphatic carbocycles. The molecule has 0 spiro atoms. The molecule has 1 aromatic carbocycles. The van der Waals surface area contributed by atoms with Gasteiger partial charge in [0, 0.05) is 11.8 Å². The zero-order valence-electron chi connectivity index (χ0n) is 11.4. The zero-order valence-corrected chi connectivity index (χ0v) is 11.4. The zero-order chi connectivity index (χ0) is 14.7. The highest BCUT2D eigenvalue weighted by molar-refractivity contribution is 6.03. The summed E-state index contributed by atoms with van der Waals surface area (Å²) in [6.45, 7) is 3.55. The van der Waals surface area contributed by atoms with E-state index in [1.807, 2.05) is 6.92 Å². The second kappa shape index (κ2) is 5.56. The van der Waals surface area contributed by atoms with Crippen molar-refractivity contribution >= 4 is 17.6 Å². The van der Waals surface area contributed by atoms with Gasteiger partial charge in [0.2, 0.25) is 5.76 Å². The molecule has 0 aliphatic heterocycles. The van der Waals surface area contributed by atoms with Crippen molar-refractivity contribution in [2.75, 3.05) is 12.4 Å². The fourth-order valence-electron chi connectivity index (χ4n) is 1.66. The van der Waals surface area contributed by atoms with Crippen molar-refractivity contribution in [2.45, 2.75) is 13.8 Å². The fourth-order valence-corrected chi connectivity index (χ4v) is 1.66. The maximum Gasteiger partial charge on any atom is 0.337 e. The molecule has 0 radical (unpaired) electrons. The van der Waals surface area contributed by atoms with Crippen LogP contribution in [0.15, 0.2) is 28.8 Å². The molecule has 2 aromatic rings. The van der Waals surface area contributed by atoms with Crippen LogP contribution in [0.2, 0.25) is 0 Å². The minimum atomic E-state index is -0.462. The molecule has 1 amide bonds. The van der Waals surface area contributed by atoms with Gasteiger partial charge in [0.25, 0.3) is 5.91 Å². The van der Waals surface area contributed by atoms with Gasteiger partial charge in [-0.3, -0.25) is 4.79 Å². The van der Waals surface area contributed by atoms with E-state index in [0.29, 0.717) is 16.9 Å². The van der Waals surface area contributed by atoms with Crippen LogP contribution < -0.4 is 5.32 Å². The lowest BCUT2D eigenvalue weighted by Gasteiger charge is -2.08. The number of esters is 1. The number of nitrogens with one attached hydrogen (secondary N) is 1. The predicted molar refractivity (Wildman–Crippen MR) is 71.7 cm³/mol. The summed E-state index contributed by atoms with van der Waals surface area (Å²) in [4.78, 5) is 23.4. The molecule has 6 heteroatoms. The lowest BCUT2D eigenvalue weighted by Crippen LogP contribution is -2.13. The minimum absolute atomic E-state index is 0.116. The van der Waals surface area contributed by atoms with Crippen LogP contribution in [0.5, 0.6) is 0 Å². The normalized spacial score (nSPS) is 10.2. The van der Waals surface area contributed by atoms with Crippen molar-refractivity contribution in [1.82, 2.24) is 5.16 Å². The molecule has 1 heterocycles. The van der Waals surface area contributed by atoms with Crippen LogP contribution in [-0.4, -0.2) is 24.1 Å². The summed E-state index contributed by atoms with van der Waals surface area (Å²) in [7, 11) is 1.30. The minimum Gasteiger partial charge on any atom is -0.465 e. The Balaban J connectivity index is 2.24. The van der Waals surface area contributed by atoms with Crippen LogP contribution >= 0.6 is 0 Å². The number of anilines is 1. The Hall–Kier alpha value is -2.63. The van der Waals surface area contributed by atoms with Gasteiger partial charge in [-0.2, -0.15) is 0 Å². The highest BCUT2D eigenvalue weighted by atomic mass is 16.5. The Morgan fingerprint density at radius 1 is 1.25 bits per heavy atom. The fraction of sp³-hybridized carbons (Fsp3) is 0.214. The van der Waals surface area contributed by atoms with Crippen LogP contribution in [0.3, 0.4) is 0 Å². The van der Waals surface area contributed by atoms with Gasteiger partial charge in [-0.15, -0.1) is 0 Å². The third kappa shape index (κ3) is 2.85. The summed E-state index contributed by atoms with van der Waals surface area (Å²) in [6.07, 6.45) is 0. The molecule has 0 atom stereocenters. The number of rotatable bonds is 3. The average Bonchev–Trinajstić information content (AvgIpc) is 2.87. The van der Waals surface area contributed by atoms with E-state index in [1.54, 1.807) is 25.1 Å². The van der Waals surface area contributed by atoms with Gasteiger partial charge in [0.05, 0.1) is 18.4 Å². The van der Waals surface area contributed by atoms with Gasteiger partial charge in [-0.05, 0) is 31.5 Å². The van der Waals surface area contributed by atoms with E-state index in [0.717, 1.165) is 5.56 Å². The van der Waals surface area contributed by atoms with E-state index in [-0.39, 0.29) is 5.76 Å². The van der Waals surface area contributed by atoms with Gasteiger partial charge in [-0.25, -0.2) is 4.79 Å². The SMILES string of the molecule is COC(=O)c1ccc(C)c(NC(=O)c2cc(C)no2)c1. The molecule has 0 aliphatic rings. The summed E-state index contributed by atoms with van der Waals surface area (Å²) in [5.74, 6) is -0.767. The molecule has 1 aromatic heterocycles. The Labute approximate surface area is 115 Å². The summed E-state index contributed by atoms with van der Waals surface area (Å²) < 4.78 is 9.53. The highest BCUT2D eigenvalue weighted by Crippen LogP contribution is 2.18. The number of hydrogen-bond acceptors (Lipinski definition) is 5. The predicted octanol–water partition coefficient (Wildman–Crippen LogP) is 2.33. The number of aryl methyl sites for hydroxylation is 2. The first-order valence-electron chi connectivity index (χ1n) is 5.95. The second-order valence-electron chi connectivity index (χ2n) is 4.31. The van der Waals surface area contributed by atoms with Crippen LogP contribution in [0.1, 0.15) is 32.2 Å². The smallest absolute Gasteiger partial charge is 0.337 e. The summed E-state index contributed by atoms with van der Waals surface area (Å²) in [5.41, 5.74) is 2.33. The quantitative estimate of drug-likeness (QED) is 0.869. The lowest BCUT2D eigenvalue weighted by molar-refractivity contribution is 0.0600. The Morgan fingerprint density at radius 3 is 2.60 bits per heavy atom. The first-order valence-corrected chi connectivity index (χ1v) is 5.95. The van der Waals surface area contributed by atoms with Crippen molar-refractivity contribution in [3.05, 3.63) is 46.8 Å². The van der Waals surface area contributed by atoms with Crippen molar-refractivity contribution in [3.63, 3.8) is 0 Å². The monoisotopic (exact) mass is 274 g/mol. The highest BCUT2D eigenvalue weighted by Gasteiger charge is 2.14. The largest absolute Gasteiger partial charge is 0.465 e. The van der Waals surface area contributed by atoms with E-state index in [1.165, 1.54) is 13.2 Å². The Kier molecular flexibility index (Phi) is 3.84. The molecule has 0 saturated carbocycles. The maximum atomic E-state index is 12.0. The van der Waals surface area contributed by atoms with E-state index in [2.05, 4.69) is 15.2 Å². The van der Waals surface area contributed by atoms with Crippen LogP contribution in [0.25, 0.3) is 0 Å². The standard InChI is InChI=1S/C14H14N2O4/c1-8-4-5-10(14(18)19-3)7-11(8)15-13(17)12-6-9(2)16-20-12/h4-7H,1-3H3,(H,15,17). The topological polar surface area (TPSA) is 81.4 Å². The number of methoxy groups -OCH3 is 1.